The first kappa shape index (κ1) is 13.4. The van der Waals surface area contributed by atoms with Gasteiger partial charge < -0.3 is 10.2 Å². The summed E-state index contributed by atoms with van der Waals surface area (Å²) in [5.41, 5.74) is -0.546. The molecule has 2 rings (SSSR count). The maximum atomic E-state index is 12.6. The van der Waals surface area contributed by atoms with Crippen molar-refractivity contribution in [3.63, 3.8) is 0 Å². The third kappa shape index (κ3) is 1.91. The van der Waals surface area contributed by atoms with Gasteiger partial charge in [0.2, 0.25) is 11.8 Å². The van der Waals surface area contributed by atoms with Crippen molar-refractivity contribution < 1.29 is 9.59 Å². The molecule has 1 atom stereocenters. The summed E-state index contributed by atoms with van der Waals surface area (Å²) < 4.78 is 0. The van der Waals surface area contributed by atoms with Crippen LogP contribution in [0.5, 0.6) is 0 Å². The Morgan fingerprint density at radius 3 is 2.44 bits per heavy atom. The lowest BCUT2D eigenvalue weighted by molar-refractivity contribution is -0.160. The van der Waals surface area contributed by atoms with E-state index >= 15 is 0 Å². The van der Waals surface area contributed by atoms with E-state index in [0.717, 1.165) is 38.5 Å². The fourth-order valence-corrected chi connectivity index (χ4v) is 3.50. The first-order valence-corrected chi connectivity index (χ1v) is 7.17. The van der Waals surface area contributed by atoms with Crippen LogP contribution in [0.25, 0.3) is 0 Å². The molecule has 2 fully saturated rings. The second-order valence-corrected chi connectivity index (χ2v) is 5.86. The van der Waals surface area contributed by atoms with Crippen LogP contribution in [-0.2, 0) is 9.59 Å². The highest BCUT2D eigenvalue weighted by Gasteiger charge is 2.54. The molecule has 1 unspecified atom stereocenters. The van der Waals surface area contributed by atoms with E-state index in [2.05, 4.69) is 5.32 Å². The number of piperazine rings is 1. The maximum absolute atomic E-state index is 12.6. The van der Waals surface area contributed by atoms with Crippen LogP contribution in [0.1, 0.15) is 59.3 Å². The molecule has 0 aromatic rings. The first-order valence-electron chi connectivity index (χ1n) is 7.17. The minimum absolute atomic E-state index is 0.0757. The molecule has 1 heterocycles. The topological polar surface area (TPSA) is 49.4 Å². The molecule has 0 bridgehead atoms. The molecule has 0 aromatic carbocycles. The van der Waals surface area contributed by atoms with Crippen LogP contribution in [0, 0.1) is 0 Å². The third-order valence-corrected chi connectivity index (χ3v) is 4.25. The largest absolute Gasteiger partial charge is 0.342 e. The van der Waals surface area contributed by atoms with Gasteiger partial charge in [0.1, 0.15) is 11.6 Å². The van der Waals surface area contributed by atoms with Crippen molar-refractivity contribution in [2.45, 2.75) is 76.9 Å². The summed E-state index contributed by atoms with van der Waals surface area (Å²) in [7, 11) is 0. The van der Waals surface area contributed by atoms with Gasteiger partial charge in [0.05, 0.1) is 0 Å². The number of carbonyl (C=O) groups is 2. The summed E-state index contributed by atoms with van der Waals surface area (Å²) in [6.07, 6.45) is 5.38. The third-order valence-electron chi connectivity index (χ3n) is 4.25. The molecule has 2 aliphatic rings. The second kappa shape index (κ2) is 4.90. The van der Waals surface area contributed by atoms with Crippen LogP contribution in [0.15, 0.2) is 0 Å². The maximum Gasteiger partial charge on any atom is 0.246 e. The Kier molecular flexibility index (Phi) is 3.64. The van der Waals surface area contributed by atoms with E-state index in [1.807, 2.05) is 25.7 Å². The molecule has 4 nitrogen and oxygen atoms in total. The van der Waals surface area contributed by atoms with E-state index in [-0.39, 0.29) is 23.9 Å². The Hall–Kier alpha value is -1.06. The fraction of sp³-hybridized carbons (Fsp3) is 0.857. The van der Waals surface area contributed by atoms with Gasteiger partial charge in [-0.3, -0.25) is 9.59 Å². The standard InChI is InChI=1S/C14H24N2O2/c1-4-7-11-12(17)16(10(2)3)14(13(18)15-11)8-5-6-9-14/h10-11H,4-9H2,1-3H3,(H,15,18). The highest BCUT2D eigenvalue weighted by atomic mass is 16.2. The molecular formula is C14H24N2O2. The summed E-state index contributed by atoms with van der Waals surface area (Å²) in [6, 6.07) is -0.211. The predicted molar refractivity (Wildman–Crippen MR) is 70.0 cm³/mol. The van der Waals surface area contributed by atoms with E-state index in [1.165, 1.54) is 0 Å². The number of hydrogen-bond donors (Lipinski definition) is 1. The average Bonchev–Trinajstić information content (AvgIpc) is 2.76. The van der Waals surface area contributed by atoms with Crippen molar-refractivity contribution in [1.29, 1.82) is 0 Å². The van der Waals surface area contributed by atoms with Crippen LogP contribution in [0.2, 0.25) is 0 Å². The molecule has 1 spiro atoms. The lowest BCUT2D eigenvalue weighted by atomic mass is 9.87. The molecule has 1 saturated heterocycles. The molecular weight excluding hydrogens is 228 g/mol. The van der Waals surface area contributed by atoms with Crippen molar-refractivity contribution in [2.24, 2.45) is 0 Å². The van der Waals surface area contributed by atoms with Gasteiger partial charge in [-0.1, -0.05) is 26.2 Å². The smallest absolute Gasteiger partial charge is 0.246 e. The zero-order valence-electron chi connectivity index (χ0n) is 11.7. The Labute approximate surface area is 109 Å². The van der Waals surface area contributed by atoms with Crippen LogP contribution in [-0.4, -0.2) is 34.3 Å². The fourth-order valence-electron chi connectivity index (χ4n) is 3.50. The Balaban J connectivity index is 2.31. The first-order chi connectivity index (χ1) is 8.53. The highest BCUT2D eigenvalue weighted by molar-refractivity contribution is 6.00. The Bertz CT molecular complexity index is 346. The van der Waals surface area contributed by atoms with Gasteiger partial charge in [-0.2, -0.15) is 0 Å². The van der Waals surface area contributed by atoms with E-state index in [0.29, 0.717) is 0 Å². The van der Waals surface area contributed by atoms with Crippen molar-refractivity contribution in [1.82, 2.24) is 10.2 Å². The summed E-state index contributed by atoms with van der Waals surface area (Å²) in [5, 5.41) is 2.95. The Morgan fingerprint density at radius 1 is 1.33 bits per heavy atom. The van der Waals surface area contributed by atoms with E-state index in [1.54, 1.807) is 0 Å². The number of rotatable bonds is 3. The van der Waals surface area contributed by atoms with Gasteiger partial charge >= 0.3 is 0 Å². The van der Waals surface area contributed by atoms with Crippen molar-refractivity contribution >= 4 is 11.8 Å². The zero-order valence-corrected chi connectivity index (χ0v) is 11.7. The molecule has 1 N–H and O–H groups in total. The van der Waals surface area contributed by atoms with Gasteiger partial charge in [0.15, 0.2) is 0 Å². The van der Waals surface area contributed by atoms with E-state index in [9.17, 15) is 9.59 Å². The zero-order chi connectivity index (χ0) is 13.3. The summed E-state index contributed by atoms with van der Waals surface area (Å²) in [6.45, 7) is 6.07. The molecule has 0 radical (unpaired) electrons. The Morgan fingerprint density at radius 2 is 1.94 bits per heavy atom. The van der Waals surface area contributed by atoms with Gasteiger partial charge in [-0.05, 0) is 33.1 Å². The SMILES string of the molecule is CCCC1NC(=O)C2(CCCC2)N(C(C)C)C1=O. The number of nitrogens with zero attached hydrogens (tertiary/aromatic N) is 1. The lowest BCUT2D eigenvalue weighted by Gasteiger charge is -2.48. The average molecular weight is 252 g/mol. The summed E-state index contributed by atoms with van der Waals surface area (Å²) >= 11 is 0. The minimum Gasteiger partial charge on any atom is -0.342 e. The monoisotopic (exact) mass is 252 g/mol. The highest BCUT2D eigenvalue weighted by Crippen LogP contribution is 2.39. The van der Waals surface area contributed by atoms with Crippen LogP contribution < -0.4 is 5.32 Å². The summed E-state index contributed by atoms with van der Waals surface area (Å²) in [5.74, 6) is 0.195. The molecule has 1 saturated carbocycles. The molecule has 1 aliphatic carbocycles. The molecule has 1 aliphatic heterocycles. The molecule has 102 valence electrons. The minimum atomic E-state index is -0.546. The number of amides is 2. The van der Waals surface area contributed by atoms with Gasteiger partial charge in [0, 0.05) is 6.04 Å². The lowest BCUT2D eigenvalue weighted by Crippen LogP contribution is -2.71. The van der Waals surface area contributed by atoms with Crippen LogP contribution >= 0.6 is 0 Å². The van der Waals surface area contributed by atoms with E-state index < -0.39 is 5.54 Å². The van der Waals surface area contributed by atoms with Crippen molar-refractivity contribution in [2.75, 3.05) is 0 Å². The molecule has 0 aromatic heterocycles. The number of nitrogens with one attached hydrogen (secondary N) is 1. The molecule has 2 amide bonds. The normalized spacial score (nSPS) is 27.1. The van der Waals surface area contributed by atoms with Crippen molar-refractivity contribution in [3.05, 3.63) is 0 Å². The van der Waals surface area contributed by atoms with Crippen molar-refractivity contribution in [3.8, 4) is 0 Å². The number of hydrogen-bond acceptors (Lipinski definition) is 2. The van der Waals surface area contributed by atoms with Gasteiger partial charge in [0.25, 0.3) is 0 Å². The predicted octanol–water partition coefficient (Wildman–Crippen LogP) is 1.83. The summed E-state index contributed by atoms with van der Waals surface area (Å²) in [4.78, 5) is 26.9. The van der Waals surface area contributed by atoms with Gasteiger partial charge in [-0.25, -0.2) is 0 Å². The second-order valence-electron chi connectivity index (χ2n) is 5.86. The number of carbonyl (C=O) groups excluding carboxylic acids is 2. The van der Waals surface area contributed by atoms with E-state index in [4.69, 9.17) is 0 Å². The quantitative estimate of drug-likeness (QED) is 0.833. The van der Waals surface area contributed by atoms with Gasteiger partial charge in [-0.15, -0.1) is 0 Å². The molecule has 4 heteroatoms. The van der Waals surface area contributed by atoms with Crippen LogP contribution in [0.4, 0.5) is 0 Å². The van der Waals surface area contributed by atoms with Crippen LogP contribution in [0.3, 0.4) is 0 Å². The molecule has 18 heavy (non-hydrogen) atoms.